The van der Waals surface area contributed by atoms with Gasteiger partial charge in [0.1, 0.15) is 0 Å². The van der Waals surface area contributed by atoms with E-state index in [1.807, 2.05) is 48.2 Å². The Morgan fingerprint density at radius 1 is 0.319 bits per heavy atom. The van der Waals surface area contributed by atoms with Gasteiger partial charge in [0.2, 0.25) is 0 Å². The van der Waals surface area contributed by atoms with E-state index in [1.165, 1.54) is 48.4 Å². The minimum absolute atomic E-state index is 0.662. The normalized spacial score (nSPS) is 11.7. The van der Waals surface area contributed by atoms with Crippen LogP contribution in [-0.4, -0.2) is 15.0 Å². The summed E-state index contributed by atoms with van der Waals surface area (Å²) in [5.41, 5.74) is 10.2. The fourth-order valence-electron chi connectivity index (χ4n) is 6.52. The van der Waals surface area contributed by atoms with Gasteiger partial charge in [-0.25, -0.2) is 15.0 Å². The number of nitrogens with zero attached hydrogens (tertiary/aromatic N) is 3. The summed E-state index contributed by atoms with van der Waals surface area (Å²) in [6.07, 6.45) is 0. The second-order valence-corrected chi connectivity index (χ2v) is 12.7. The molecule has 1 aliphatic rings. The third-order valence-corrected chi connectivity index (χ3v) is 9.88. The molecular formula is C43H27N3S. The van der Waals surface area contributed by atoms with Crippen LogP contribution in [0.15, 0.2) is 174 Å². The van der Waals surface area contributed by atoms with E-state index >= 15 is 0 Å². The van der Waals surface area contributed by atoms with Crippen molar-refractivity contribution in [2.24, 2.45) is 0 Å². The maximum atomic E-state index is 5.09. The second kappa shape index (κ2) is 11.5. The molecule has 220 valence electrons. The van der Waals surface area contributed by atoms with Crippen LogP contribution in [0, 0.1) is 0 Å². The summed E-state index contributed by atoms with van der Waals surface area (Å²) in [6, 6.07) is 57.4. The Hall–Kier alpha value is -5.84. The van der Waals surface area contributed by atoms with Crippen molar-refractivity contribution in [3.63, 3.8) is 0 Å². The molecule has 0 saturated heterocycles. The largest absolute Gasteiger partial charge is 0.208 e. The van der Waals surface area contributed by atoms with E-state index in [-0.39, 0.29) is 0 Å². The average molecular weight is 618 g/mol. The Morgan fingerprint density at radius 2 is 0.851 bits per heavy atom. The first kappa shape index (κ1) is 27.5. The van der Waals surface area contributed by atoms with E-state index in [0.717, 1.165) is 22.3 Å². The molecule has 1 aromatic heterocycles. The van der Waals surface area contributed by atoms with Crippen LogP contribution in [0.4, 0.5) is 0 Å². The SMILES string of the molecule is c1ccc(-c2ccc(-c3ccc4c5c(cccc35)-c3c(cccc3-c3nc(-c5ccccc5)nc(-c5ccccc5)n3)S4)cc2)cc1. The Bertz CT molecular complexity index is 2350. The van der Waals surface area contributed by atoms with Gasteiger partial charge in [-0.05, 0) is 45.3 Å². The second-order valence-electron chi connectivity index (χ2n) is 11.6. The van der Waals surface area contributed by atoms with Crippen molar-refractivity contribution < 1.29 is 0 Å². The molecule has 0 N–H and O–H groups in total. The predicted molar refractivity (Wildman–Crippen MR) is 194 cm³/mol. The molecule has 0 aliphatic carbocycles. The molecule has 0 unspecified atom stereocenters. The van der Waals surface area contributed by atoms with Gasteiger partial charge in [0.05, 0.1) is 0 Å². The van der Waals surface area contributed by atoms with Gasteiger partial charge in [0, 0.05) is 37.4 Å². The molecule has 0 amide bonds. The van der Waals surface area contributed by atoms with E-state index in [0.29, 0.717) is 17.5 Å². The molecule has 7 aromatic carbocycles. The number of hydrogen-bond acceptors (Lipinski definition) is 4. The van der Waals surface area contributed by atoms with Crippen molar-refractivity contribution in [1.29, 1.82) is 0 Å². The minimum Gasteiger partial charge on any atom is -0.208 e. The fourth-order valence-corrected chi connectivity index (χ4v) is 7.68. The van der Waals surface area contributed by atoms with Gasteiger partial charge in [-0.1, -0.05) is 163 Å². The van der Waals surface area contributed by atoms with Gasteiger partial charge < -0.3 is 0 Å². The topological polar surface area (TPSA) is 38.7 Å². The van der Waals surface area contributed by atoms with Crippen LogP contribution in [-0.2, 0) is 0 Å². The zero-order chi connectivity index (χ0) is 31.2. The summed E-state index contributed by atoms with van der Waals surface area (Å²) in [5, 5.41) is 2.51. The maximum absolute atomic E-state index is 5.09. The van der Waals surface area contributed by atoms with Crippen LogP contribution in [0.5, 0.6) is 0 Å². The smallest absolute Gasteiger partial charge is 0.164 e. The van der Waals surface area contributed by atoms with E-state index < -0.39 is 0 Å². The lowest BCUT2D eigenvalue weighted by molar-refractivity contribution is 1.07. The van der Waals surface area contributed by atoms with Crippen molar-refractivity contribution >= 4 is 22.5 Å². The third kappa shape index (κ3) is 4.91. The van der Waals surface area contributed by atoms with E-state index in [2.05, 4.69) is 127 Å². The molecule has 0 atom stereocenters. The molecule has 2 heterocycles. The first-order chi connectivity index (χ1) is 23.3. The molecule has 0 radical (unpaired) electrons. The van der Waals surface area contributed by atoms with E-state index in [1.54, 1.807) is 0 Å². The molecule has 0 fully saturated rings. The predicted octanol–water partition coefficient (Wildman–Crippen LogP) is 11.5. The van der Waals surface area contributed by atoms with Gasteiger partial charge in [0.25, 0.3) is 0 Å². The molecule has 0 bridgehead atoms. The van der Waals surface area contributed by atoms with Crippen LogP contribution in [0.1, 0.15) is 0 Å². The standard InChI is InChI=1S/C43H27N3S/c1-4-12-28(13-5-1)29-22-24-30(25-23-29)33-26-27-38-39-34(33)18-10-19-35(39)40-36(20-11-21-37(40)47-38)43-45-41(31-14-6-2-7-15-31)44-42(46-43)32-16-8-3-9-17-32/h1-27H. The number of aromatic nitrogens is 3. The zero-order valence-corrected chi connectivity index (χ0v) is 26.2. The summed E-state index contributed by atoms with van der Waals surface area (Å²) in [6.45, 7) is 0. The molecule has 8 aromatic rings. The Morgan fingerprint density at radius 3 is 1.51 bits per heavy atom. The summed E-state index contributed by atoms with van der Waals surface area (Å²) < 4.78 is 0. The average Bonchev–Trinajstić information content (AvgIpc) is 3.16. The van der Waals surface area contributed by atoms with Crippen LogP contribution < -0.4 is 0 Å². The highest BCUT2D eigenvalue weighted by atomic mass is 32.2. The Labute approximate surface area is 277 Å². The molecular weight excluding hydrogens is 591 g/mol. The highest BCUT2D eigenvalue weighted by molar-refractivity contribution is 7.99. The lowest BCUT2D eigenvalue weighted by Crippen LogP contribution is -2.02. The van der Waals surface area contributed by atoms with E-state index in [4.69, 9.17) is 15.0 Å². The van der Waals surface area contributed by atoms with Crippen molar-refractivity contribution in [2.75, 3.05) is 0 Å². The monoisotopic (exact) mass is 617 g/mol. The first-order valence-electron chi connectivity index (χ1n) is 15.7. The van der Waals surface area contributed by atoms with E-state index in [9.17, 15) is 0 Å². The van der Waals surface area contributed by atoms with Crippen molar-refractivity contribution in [1.82, 2.24) is 15.0 Å². The summed E-state index contributed by atoms with van der Waals surface area (Å²) in [4.78, 5) is 17.6. The molecule has 0 saturated carbocycles. The third-order valence-electron chi connectivity index (χ3n) is 8.76. The quantitative estimate of drug-likeness (QED) is 0.193. The van der Waals surface area contributed by atoms with Crippen molar-refractivity contribution in [3.8, 4) is 67.5 Å². The van der Waals surface area contributed by atoms with Gasteiger partial charge in [0.15, 0.2) is 17.5 Å². The van der Waals surface area contributed by atoms with Gasteiger partial charge >= 0.3 is 0 Å². The highest BCUT2D eigenvalue weighted by Gasteiger charge is 2.25. The summed E-state index contributed by atoms with van der Waals surface area (Å²) in [7, 11) is 0. The Kier molecular flexibility index (Phi) is 6.72. The first-order valence-corrected chi connectivity index (χ1v) is 16.5. The lowest BCUT2D eigenvalue weighted by atomic mass is 9.90. The summed E-state index contributed by atoms with van der Waals surface area (Å²) in [5.74, 6) is 1.99. The Balaban J connectivity index is 1.22. The minimum atomic E-state index is 0.662. The van der Waals surface area contributed by atoms with Crippen LogP contribution in [0.3, 0.4) is 0 Å². The molecule has 1 aliphatic heterocycles. The zero-order valence-electron chi connectivity index (χ0n) is 25.3. The van der Waals surface area contributed by atoms with Crippen LogP contribution in [0.25, 0.3) is 78.3 Å². The van der Waals surface area contributed by atoms with Crippen molar-refractivity contribution in [3.05, 3.63) is 164 Å². The van der Waals surface area contributed by atoms with Crippen molar-refractivity contribution in [2.45, 2.75) is 9.79 Å². The number of rotatable bonds is 5. The van der Waals surface area contributed by atoms with Gasteiger partial charge in [-0.15, -0.1) is 0 Å². The molecule has 47 heavy (non-hydrogen) atoms. The lowest BCUT2D eigenvalue weighted by Gasteiger charge is -2.24. The molecule has 4 heteroatoms. The summed E-state index contributed by atoms with van der Waals surface area (Å²) >= 11 is 1.82. The van der Waals surface area contributed by atoms with Crippen LogP contribution >= 0.6 is 11.8 Å². The molecule has 0 spiro atoms. The van der Waals surface area contributed by atoms with Gasteiger partial charge in [-0.3, -0.25) is 0 Å². The molecule has 9 rings (SSSR count). The van der Waals surface area contributed by atoms with Crippen LogP contribution in [0.2, 0.25) is 0 Å². The number of fused-ring (bicyclic) bond motifs is 2. The number of hydrogen-bond donors (Lipinski definition) is 0. The fraction of sp³-hybridized carbons (Fsp3) is 0. The molecule has 3 nitrogen and oxygen atoms in total. The number of benzene rings is 7. The highest BCUT2D eigenvalue weighted by Crippen LogP contribution is 2.52. The maximum Gasteiger partial charge on any atom is 0.164 e. The van der Waals surface area contributed by atoms with Gasteiger partial charge in [-0.2, -0.15) is 0 Å².